The third-order valence-corrected chi connectivity index (χ3v) is 3.89. The van der Waals surface area contributed by atoms with Crippen molar-refractivity contribution >= 4 is 5.97 Å². The molecule has 0 atom stereocenters. The van der Waals surface area contributed by atoms with E-state index in [0.717, 1.165) is 0 Å². The lowest BCUT2D eigenvalue weighted by atomic mass is 9.80. The summed E-state index contributed by atoms with van der Waals surface area (Å²) >= 11 is 0. The van der Waals surface area contributed by atoms with Crippen LogP contribution >= 0.6 is 0 Å². The summed E-state index contributed by atoms with van der Waals surface area (Å²) in [4.78, 5) is 22.5. The second-order valence-electron chi connectivity index (χ2n) is 6.80. The van der Waals surface area contributed by atoms with Crippen LogP contribution in [0, 0.1) is 0 Å². The number of hydrogen-bond acceptors (Lipinski definition) is 5. The van der Waals surface area contributed by atoms with Crippen molar-refractivity contribution in [3.63, 3.8) is 0 Å². The Morgan fingerprint density at radius 2 is 1.67 bits per heavy atom. The minimum absolute atomic E-state index is 0.262. The molecule has 1 fully saturated rings. The van der Waals surface area contributed by atoms with Gasteiger partial charge < -0.3 is 4.84 Å². The van der Waals surface area contributed by atoms with E-state index in [9.17, 15) is 4.79 Å². The van der Waals surface area contributed by atoms with Crippen LogP contribution in [0.1, 0.15) is 50.9 Å². The van der Waals surface area contributed by atoms with Crippen molar-refractivity contribution in [1.82, 2.24) is 5.06 Å². The first-order valence-corrected chi connectivity index (χ1v) is 7.14. The first-order chi connectivity index (χ1) is 9.76. The minimum atomic E-state index is -0.431. The van der Waals surface area contributed by atoms with E-state index in [-0.39, 0.29) is 12.1 Å². The molecule has 1 N–H and O–H groups in total. The number of piperidine rings is 1. The molecule has 1 aliphatic rings. The number of rotatable bonds is 3. The molecular weight excluding hydrogens is 270 g/mol. The maximum atomic E-state index is 12.3. The summed E-state index contributed by atoms with van der Waals surface area (Å²) in [5.41, 5.74) is -0.344. The van der Waals surface area contributed by atoms with E-state index in [4.69, 9.17) is 10.1 Å². The lowest BCUT2D eigenvalue weighted by Crippen LogP contribution is -2.62. The van der Waals surface area contributed by atoms with Crippen LogP contribution in [-0.4, -0.2) is 33.5 Å². The largest absolute Gasteiger partial charge is 0.363 e. The van der Waals surface area contributed by atoms with Crippen molar-refractivity contribution in [2.24, 2.45) is 0 Å². The molecule has 5 heteroatoms. The highest BCUT2D eigenvalue weighted by Crippen LogP contribution is 2.39. The average Bonchev–Trinajstić information content (AvgIpc) is 2.42. The minimum Gasteiger partial charge on any atom is -0.363 e. The fourth-order valence-corrected chi connectivity index (χ4v) is 3.20. The summed E-state index contributed by atoms with van der Waals surface area (Å²) in [6, 6.07) is 8.92. The van der Waals surface area contributed by atoms with Crippen molar-refractivity contribution < 1.29 is 19.8 Å². The molecule has 0 bridgehead atoms. The van der Waals surface area contributed by atoms with Gasteiger partial charge in [0.25, 0.3) is 0 Å². The van der Waals surface area contributed by atoms with Crippen LogP contribution in [0.5, 0.6) is 0 Å². The Bertz CT molecular complexity index is 480. The average molecular weight is 293 g/mol. The predicted octanol–water partition coefficient (Wildman–Crippen LogP) is 3.27. The van der Waals surface area contributed by atoms with Crippen molar-refractivity contribution in [1.29, 1.82) is 0 Å². The monoisotopic (exact) mass is 293 g/mol. The number of carbonyl (C=O) groups is 1. The fraction of sp³-hybridized carbons (Fsp3) is 0.562. The van der Waals surface area contributed by atoms with Crippen LogP contribution in [0.25, 0.3) is 0 Å². The van der Waals surface area contributed by atoms with Gasteiger partial charge in [0, 0.05) is 0 Å². The van der Waals surface area contributed by atoms with Crippen LogP contribution in [0.3, 0.4) is 0 Å². The molecule has 1 heterocycles. The molecule has 1 aliphatic heterocycles. The van der Waals surface area contributed by atoms with Gasteiger partial charge in [0.1, 0.15) is 0 Å². The number of benzene rings is 1. The summed E-state index contributed by atoms with van der Waals surface area (Å²) in [5.74, 6) is -0.375. The van der Waals surface area contributed by atoms with Gasteiger partial charge in [-0.05, 0) is 52.7 Å². The Labute approximate surface area is 125 Å². The van der Waals surface area contributed by atoms with Crippen molar-refractivity contribution in [2.45, 2.75) is 57.7 Å². The number of hydroxylamine groups is 2. The van der Waals surface area contributed by atoms with E-state index in [0.29, 0.717) is 18.4 Å². The molecule has 5 nitrogen and oxygen atoms in total. The van der Waals surface area contributed by atoms with Gasteiger partial charge in [-0.3, -0.25) is 5.26 Å². The molecule has 0 aromatic heterocycles. The van der Waals surface area contributed by atoms with E-state index in [1.165, 1.54) is 0 Å². The van der Waals surface area contributed by atoms with Gasteiger partial charge in [0.2, 0.25) is 0 Å². The zero-order valence-electron chi connectivity index (χ0n) is 13.0. The molecule has 0 spiro atoms. The molecule has 0 saturated carbocycles. The number of hydrogen-bond donors (Lipinski definition) is 1. The smallest absolute Gasteiger partial charge is 0.357 e. The Morgan fingerprint density at radius 1 is 1.14 bits per heavy atom. The highest BCUT2D eigenvalue weighted by atomic mass is 17.1. The first-order valence-electron chi connectivity index (χ1n) is 7.14. The molecule has 116 valence electrons. The lowest BCUT2D eigenvalue weighted by molar-refractivity contribution is -0.328. The van der Waals surface area contributed by atoms with Gasteiger partial charge >= 0.3 is 5.97 Å². The van der Waals surface area contributed by atoms with Crippen molar-refractivity contribution in [2.75, 3.05) is 0 Å². The van der Waals surface area contributed by atoms with E-state index >= 15 is 0 Å². The summed E-state index contributed by atoms with van der Waals surface area (Å²) in [6.45, 7) is 7.88. The van der Waals surface area contributed by atoms with E-state index in [1.54, 1.807) is 29.3 Å². The van der Waals surface area contributed by atoms with Crippen molar-refractivity contribution in [3.05, 3.63) is 35.9 Å². The van der Waals surface area contributed by atoms with Crippen LogP contribution in [0.15, 0.2) is 30.3 Å². The third kappa shape index (κ3) is 3.43. The second kappa shape index (κ2) is 5.75. The second-order valence-corrected chi connectivity index (χ2v) is 6.80. The van der Waals surface area contributed by atoms with Gasteiger partial charge in [0.15, 0.2) is 0 Å². The third-order valence-electron chi connectivity index (χ3n) is 3.89. The maximum Gasteiger partial charge on any atom is 0.357 e. The topological polar surface area (TPSA) is 59.0 Å². The Balaban J connectivity index is 2.19. The predicted molar refractivity (Wildman–Crippen MR) is 78.6 cm³/mol. The molecular formula is C16H23NO4. The van der Waals surface area contributed by atoms with Gasteiger partial charge in [-0.1, -0.05) is 18.2 Å². The van der Waals surface area contributed by atoms with Crippen molar-refractivity contribution in [3.8, 4) is 0 Å². The number of nitrogens with zero attached hydrogens (tertiary/aromatic N) is 1. The summed E-state index contributed by atoms with van der Waals surface area (Å²) in [5, 5.41) is 10.7. The first kappa shape index (κ1) is 15.9. The fourth-order valence-electron chi connectivity index (χ4n) is 3.20. The zero-order valence-corrected chi connectivity index (χ0v) is 13.0. The Kier molecular flexibility index (Phi) is 4.37. The Hall–Kier alpha value is -1.43. The lowest BCUT2D eigenvalue weighted by Gasteiger charge is -2.51. The van der Waals surface area contributed by atoms with Gasteiger partial charge in [-0.15, -0.1) is 5.06 Å². The van der Waals surface area contributed by atoms with E-state index in [2.05, 4.69) is 4.89 Å². The molecule has 2 rings (SSSR count). The molecule has 0 unspecified atom stereocenters. The van der Waals surface area contributed by atoms with Gasteiger partial charge in [-0.25, -0.2) is 9.68 Å². The standard InChI is InChI=1S/C16H23NO4/c1-15(2)10-13(21-19)11-16(3,4)17(15)20-14(18)12-8-6-5-7-9-12/h5-9,13,19H,10-11H2,1-4H3. The summed E-state index contributed by atoms with van der Waals surface area (Å²) in [6.07, 6.45) is 0.894. The molecule has 0 amide bonds. The highest BCUT2D eigenvalue weighted by molar-refractivity contribution is 5.89. The quantitative estimate of drug-likeness (QED) is 0.684. The molecule has 21 heavy (non-hydrogen) atoms. The van der Waals surface area contributed by atoms with Crippen LogP contribution in [0.2, 0.25) is 0 Å². The number of carbonyl (C=O) groups excluding carboxylic acids is 1. The summed E-state index contributed by atoms with van der Waals surface area (Å²) in [7, 11) is 0. The molecule has 1 aromatic rings. The summed E-state index contributed by atoms with van der Waals surface area (Å²) < 4.78 is 0. The Morgan fingerprint density at radius 3 is 2.14 bits per heavy atom. The molecule has 0 aliphatic carbocycles. The van der Waals surface area contributed by atoms with Gasteiger partial charge in [0.05, 0.1) is 22.7 Å². The molecule has 0 radical (unpaired) electrons. The highest BCUT2D eigenvalue weighted by Gasteiger charge is 2.48. The SMILES string of the molecule is CC1(C)CC(OO)CC(C)(C)N1OC(=O)c1ccccc1. The van der Waals surface area contributed by atoms with Gasteiger partial charge in [-0.2, -0.15) is 0 Å². The van der Waals surface area contributed by atoms with Crippen LogP contribution in [-0.2, 0) is 9.73 Å². The molecule has 1 aromatic carbocycles. The van der Waals surface area contributed by atoms with Crippen LogP contribution in [0.4, 0.5) is 0 Å². The maximum absolute atomic E-state index is 12.3. The molecule has 1 saturated heterocycles. The zero-order chi connectivity index (χ0) is 15.7. The van der Waals surface area contributed by atoms with E-state index in [1.807, 2.05) is 33.8 Å². The van der Waals surface area contributed by atoms with E-state index < -0.39 is 11.1 Å². The van der Waals surface area contributed by atoms with Crippen LogP contribution < -0.4 is 0 Å². The normalized spacial score (nSPS) is 22.0.